The molecule has 0 aliphatic heterocycles. The first kappa shape index (κ1) is 25.6. The van der Waals surface area contributed by atoms with Crippen LogP contribution in [0, 0.1) is 52.3 Å². The van der Waals surface area contributed by atoms with E-state index in [1.807, 2.05) is 0 Å². The Hall–Kier alpha value is -1.08. The van der Waals surface area contributed by atoms with Crippen molar-refractivity contribution in [1.29, 1.82) is 0 Å². The Balaban J connectivity index is 1.29. The molecule has 0 spiro atoms. The van der Waals surface area contributed by atoms with E-state index < -0.39 is 0 Å². The average Bonchev–Trinajstić information content (AvgIpc) is 3.20. The van der Waals surface area contributed by atoms with Gasteiger partial charge in [-0.2, -0.15) is 0 Å². The highest BCUT2D eigenvalue weighted by Crippen LogP contribution is 2.67. The van der Waals surface area contributed by atoms with Crippen molar-refractivity contribution in [2.75, 3.05) is 0 Å². The molecule has 0 unspecified atom stereocenters. The van der Waals surface area contributed by atoms with Gasteiger partial charge in [-0.25, -0.2) is 0 Å². The largest absolute Gasteiger partial charge is 0.392 e. The number of benzene rings is 1. The first-order valence-electron chi connectivity index (χ1n) is 15.0. The SMILES string of the molecule is CC(C)CCC[C@@H](C)[C@H]1CC[C@H]2[C@@H]3CC=C4C[C](c5ccc(CO)cc5)CC[C@]4(C)[C@H]3CC[C@]12C. The van der Waals surface area contributed by atoms with Crippen molar-refractivity contribution in [3.05, 3.63) is 53.0 Å². The van der Waals surface area contributed by atoms with Crippen LogP contribution in [0.15, 0.2) is 35.9 Å². The van der Waals surface area contributed by atoms with Crippen LogP contribution in [-0.2, 0) is 6.61 Å². The number of aliphatic hydroxyl groups is 1. The fourth-order valence-corrected chi connectivity index (χ4v) is 9.62. The maximum Gasteiger partial charge on any atom is 0.0681 e. The predicted molar refractivity (Wildman–Crippen MR) is 148 cm³/mol. The zero-order valence-electron chi connectivity index (χ0n) is 23.3. The fraction of sp³-hybridized carbons (Fsp3) is 0.735. The van der Waals surface area contributed by atoms with Crippen molar-refractivity contribution in [2.24, 2.45) is 46.3 Å². The van der Waals surface area contributed by atoms with E-state index in [4.69, 9.17) is 0 Å². The minimum Gasteiger partial charge on any atom is -0.392 e. The normalized spacial score (nSPS) is 38.0. The van der Waals surface area contributed by atoms with Crippen molar-refractivity contribution in [3.63, 3.8) is 0 Å². The van der Waals surface area contributed by atoms with Crippen molar-refractivity contribution in [3.8, 4) is 0 Å². The van der Waals surface area contributed by atoms with Crippen molar-refractivity contribution < 1.29 is 5.11 Å². The lowest BCUT2D eigenvalue weighted by Crippen LogP contribution is -2.50. The van der Waals surface area contributed by atoms with E-state index in [2.05, 4.69) is 65.0 Å². The Bertz CT molecular complexity index is 896. The summed E-state index contributed by atoms with van der Waals surface area (Å²) in [4.78, 5) is 0. The summed E-state index contributed by atoms with van der Waals surface area (Å²) in [6, 6.07) is 8.68. The van der Waals surface area contributed by atoms with Gasteiger partial charge in [0.25, 0.3) is 0 Å². The van der Waals surface area contributed by atoms with Gasteiger partial charge in [-0.15, -0.1) is 0 Å². The summed E-state index contributed by atoms with van der Waals surface area (Å²) in [6.07, 6.45) is 18.0. The van der Waals surface area contributed by atoms with Crippen LogP contribution in [0.4, 0.5) is 0 Å². The molecule has 0 saturated heterocycles. The quantitative estimate of drug-likeness (QED) is 0.390. The molecule has 193 valence electrons. The molecule has 0 amide bonds. The number of allylic oxidation sites excluding steroid dienone is 2. The average molecular weight is 476 g/mol. The van der Waals surface area contributed by atoms with Gasteiger partial charge in [0, 0.05) is 5.92 Å². The molecule has 1 nitrogen and oxygen atoms in total. The molecule has 0 aromatic heterocycles. The number of fused-ring (bicyclic) bond motifs is 5. The molecule has 0 bridgehead atoms. The van der Waals surface area contributed by atoms with E-state index in [1.165, 1.54) is 76.2 Å². The minimum atomic E-state index is 0.138. The molecule has 4 aliphatic carbocycles. The third-order valence-corrected chi connectivity index (χ3v) is 11.7. The Morgan fingerprint density at radius 3 is 2.43 bits per heavy atom. The van der Waals surface area contributed by atoms with E-state index >= 15 is 0 Å². The van der Waals surface area contributed by atoms with Gasteiger partial charge in [0.15, 0.2) is 0 Å². The Morgan fingerprint density at radius 1 is 0.943 bits per heavy atom. The summed E-state index contributed by atoms with van der Waals surface area (Å²) in [6.45, 7) is 12.8. The highest BCUT2D eigenvalue weighted by atomic mass is 16.3. The molecular weight excluding hydrogens is 424 g/mol. The molecule has 5 rings (SSSR count). The smallest absolute Gasteiger partial charge is 0.0681 e. The van der Waals surface area contributed by atoms with E-state index in [0.717, 1.165) is 41.1 Å². The number of rotatable bonds is 7. The molecule has 35 heavy (non-hydrogen) atoms. The topological polar surface area (TPSA) is 20.2 Å². The van der Waals surface area contributed by atoms with Gasteiger partial charge in [0.05, 0.1) is 6.61 Å². The van der Waals surface area contributed by atoms with Gasteiger partial charge in [-0.1, -0.05) is 89.8 Å². The molecule has 3 fully saturated rings. The first-order chi connectivity index (χ1) is 16.8. The highest BCUT2D eigenvalue weighted by molar-refractivity contribution is 5.40. The van der Waals surface area contributed by atoms with Crippen molar-refractivity contribution in [2.45, 2.75) is 112 Å². The molecule has 0 heterocycles. The molecule has 1 aromatic rings. The van der Waals surface area contributed by atoms with E-state index in [1.54, 1.807) is 11.5 Å². The Labute approximate surface area is 216 Å². The van der Waals surface area contributed by atoms with Crippen LogP contribution in [0.3, 0.4) is 0 Å². The highest BCUT2D eigenvalue weighted by Gasteiger charge is 2.59. The Morgan fingerprint density at radius 2 is 1.71 bits per heavy atom. The van der Waals surface area contributed by atoms with E-state index in [9.17, 15) is 5.11 Å². The van der Waals surface area contributed by atoms with Crippen LogP contribution in [0.25, 0.3) is 0 Å². The van der Waals surface area contributed by atoms with Crippen LogP contribution in [-0.4, -0.2) is 5.11 Å². The minimum absolute atomic E-state index is 0.138. The fourth-order valence-electron chi connectivity index (χ4n) is 9.62. The van der Waals surface area contributed by atoms with Crippen LogP contribution >= 0.6 is 0 Å². The van der Waals surface area contributed by atoms with Gasteiger partial charge in [-0.3, -0.25) is 0 Å². The van der Waals surface area contributed by atoms with Gasteiger partial charge in [0.1, 0.15) is 0 Å². The maximum absolute atomic E-state index is 9.41. The lowest BCUT2D eigenvalue weighted by atomic mass is 9.46. The lowest BCUT2D eigenvalue weighted by molar-refractivity contribution is -0.0488. The monoisotopic (exact) mass is 475 g/mol. The summed E-state index contributed by atoms with van der Waals surface area (Å²) in [5, 5.41) is 9.41. The molecule has 1 radical (unpaired) electrons. The third kappa shape index (κ3) is 4.58. The summed E-state index contributed by atoms with van der Waals surface area (Å²) < 4.78 is 0. The van der Waals surface area contributed by atoms with Crippen molar-refractivity contribution in [1.82, 2.24) is 0 Å². The van der Waals surface area contributed by atoms with Gasteiger partial charge in [0.2, 0.25) is 0 Å². The van der Waals surface area contributed by atoms with Gasteiger partial charge >= 0.3 is 0 Å². The van der Waals surface area contributed by atoms with E-state index in [0.29, 0.717) is 10.8 Å². The molecule has 1 heteroatoms. The van der Waals surface area contributed by atoms with Crippen LogP contribution in [0.5, 0.6) is 0 Å². The summed E-state index contributed by atoms with van der Waals surface area (Å²) >= 11 is 0. The zero-order valence-corrected chi connectivity index (χ0v) is 23.3. The zero-order chi connectivity index (χ0) is 24.8. The second-order valence-corrected chi connectivity index (χ2v) is 13.9. The Kier molecular flexibility index (Phi) is 7.30. The van der Waals surface area contributed by atoms with Crippen LogP contribution < -0.4 is 0 Å². The number of hydrogen-bond donors (Lipinski definition) is 1. The predicted octanol–water partition coefficient (Wildman–Crippen LogP) is 9.14. The summed E-state index contributed by atoms with van der Waals surface area (Å²) in [5.74, 6) is 7.08. The molecular formula is C34H51O. The van der Waals surface area contributed by atoms with E-state index in [-0.39, 0.29) is 6.61 Å². The second kappa shape index (κ2) is 10.00. The molecule has 1 aromatic carbocycles. The summed E-state index contributed by atoms with van der Waals surface area (Å²) in [5.41, 5.74) is 5.17. The summed E-state index contributed by atoms with van der Waals surface area (Å²) in [7, 11) is 0. The standard InChI is InChI=1S/C34H51O/c1-23(2)7-6-8-24(3)30-15-16-31-29-14-13-28-21-27(26-11-9-25(22-35)10-12-26)17-19-33(28,4)32(29)18-20-34(30,31)5/h9-13,23-24,29-32,35H,6-8,14-22H2,1-5H3/t24-,29+,30-,31+,32+,33+,34-/m1/s1. The second-order valence-electron chi connectivity index (χ2n) is 13.9. The number of hydrogen-bond acceptors (Lipinski definition) is 1. The van der Waals surface area contributed by atoms with Crippen LogP contribution in [0.2, 0.25) is 0 Å². The molecule has 7 atom stereocenters. The van der Waals surface area contributed by atoms with Gasteiger partial charge in [-0.05, 0) is 109 Å². The first-order valence-corrected chi connectivity index (χ1v) is 15.0. The maximum atomic E-state index is 9.41. The lowest BCUT2D eigenvalue weighted by Gasteiger charge is -2.58. The molecule has 1 N–H and O–H groups in total. The molecule has 4 aliphatic rings. The molecule has 3 saturated carbocycles. The van der Waals surface area contributed by atoms with Crippen molar-refractivity contribution >= 4 is 0 Å². The van der Waals surface area contributed by atoms with Crippen LogP contribution in [0.1, 0.15) is 116 Å². The number of aliphatic hydroxyl groups excluding tert-OH is 1. The van der Waals surface area contributed by atoms with Gasteiger partial charge < -0.3 is 5.11 Å². The third-order valence-electron chi connectivity index (χ3n) is 11.7.